The number of nitrogens with two attached hydrogens (primary N) is 2. The monoisotopic (exact) mass is 467 g/mol. The van der Waals surface area contributed by atoms with Crippen LogP contribution in [-0.4, -0.2) is 41.5 Å². The molecule has 0 spiro atoms. The summed E-state index contributed by atoms with van der Waals surface area (Å²) >= 11 is 0. The van der Waals surface area contributed by atoms with Crippen LogP contribution in [0.3, 0.4) is 0 Å². The van der Waals surface area contributed by atoms with Gasteiger partial charge in [0.05, 0.1) is 5.57 Å². The topological polar surface area (TPSA) is 142 Å². The summed E-state index contributed by atoms with van der Waals surface area (Å²) in [7, 11) is 0. The molecule has 2 aliphatic rings. The van der Waals surface area contributed by atoms with Crippen LogP contribution in [0.2, 0.25) is 0 Å². The van der Waals surface area contributed by atoms with Gasteiger partial charge < -0.3 is 27.5 Å². The van der Waals surface area contributed by atoms with Crippen molar-refractivity contribution in [3.05, 3.63) is 59.4 Å². The third-order valence-electron chi connectivity index (χ3n) is 6.23. The number of rotatable bonds is 10. The summed E-state index contributed by atoms with van der Waals surface area (Å²) < 4.78 is 13.4. The first-order valence-electron chi connectivity index (χ1n) is 11.6. The first-order chi connectivity index (χ1) is 16.3. The fourth-order valence-electron chi connectivity index (χ4n) is 4.44. The number of amidine groups is 1. The van der Waals surface area contributed by atoms with E-state index in [0.717, 1.165) is 32.2 Å². The van der Waals surface area contributed by atoms with Crippen LogP contribution in [0.25, 0.3) is 0 Å². The second-order valence-electron chi connectivity index (χ2n) is 9.03. The van der Waals surface area contributed by atoms with Gasteiger partial charge in [0.2, 0.25) is 5.97 Å². The van der Waals surface area contributed by atoms with Crippen molar-refractivity contribution in [1.29, 1.82) is 5.41 Å². The number of benzene rings is 1. The maximum absolute atomic E-state index is 13.4. The number of nitrogens with one attached hydrogen (secondary N) is 3. The molecule has 1 aliphatic heterocycles. The van der Waals surface area contributed by atoms with Gasteiger partial charge in [-0.1, -0.05) is 30.3 Å². The number of aliphatic imine (C=N–C) groups is 2. The average Bonchev–Trinajstić information content (AvgIpc) is 2.79. The molecule has 1 aromatic rings. The molecule has 1 aromatic carbocycles. The van der Waals surface area contributed by atoms with E-state index < -0.39 is 11.9 Å². The lowest BCUT2D eigenvalue weighted by atomic mass is 9.76. The molecule has 0 saturated heterocycles. The van der Waals surface area contributed by atoms with Crippen LogP contribution in [0.5, 0.6) is 0 Å². The van der Waals surface area contributed by atoms with Crippen molar-refractivity contribution in [1.82, 2.24) is 10.6 Å². The summed E-state index contributed by atoms with van der Waals surface area (Å²) in [5.41, 5.74) is 13.5. The minimum absolute atomic E-state index is 0.0372. The van der Waals surface area contributed by atoms with E-state index in [1.807, 2.05) is 18.2 Å². The van der Waals surface area contributed by atoms with Gasteiger partial charge in [0.1, 0.15) is 5.84 Å². The summed E-state index contributed by atoms with van der Waals surface area (Å²) in [5, 5.41) is 15.1. The number of hydrogen-bond donors (Lipinski definition) is 5. The van der Waals surface area contributed by atoms with Gasteiger partial charge in [-0.2, -0.15) is 4.39 Å². The molecule has 1 saturated carbocycles. The predicted molar refractivity (Wildman–Crippen MR) is 134 cm³/mol. The lowest BCUT2D eigenvalue weighted by Gasteiger charge is -2.41. The molecular weight excluding hydrogens is 433 g/mol. The van der Waals surface area contributed by atoms with Crippen molar-refractivity contribution in [3.63, 3.8) is 0 Å². The third-order valence-corrected chi connectivity index (χ3v) is 6.23. The summed E-state index contributed by atoms with van der Waals surface area (Å²) in [4.78, 5) is 20.0. The molecule has 0 aromatic heterocycles. The van der Waals surface area contributed by atoms with E-state index in [9.17, 15) is 9.18 Å². The average molecular weight is 468 g/mol. The molecule has 1 aliphatic carbocycles. The number of carbonyl (C=O) groups excluding carboxylic acids is 1. The van der Waals surface area contributed by atoms with E-state index in [1.54, 1.807) is 6.92 Å². The van der Waals surface area contributed by atoms with E-state index in [4.69, 9.17) is 16.9 Å². The zero-order valence-corrected chi connectivity index (χ0v) is 19.6. The molecular formula is C25H34FN7O. The summed E-state index contributed by atoms with van der Waals surface area (Å²) in [6.07, 6.45) is 7.20. The minimum atomic E-state index is -0.723. The number of halogens is 1. The highest BCUT2D eigenvalue weighted by Crippen LogP contribution is 2.32. The van der Waals surface area contributed by atoms with Crippen LogP contribution in [0.1, 0.15) is 51.0 Å². The number of allylic oxidation sites excluding steroid dienone is 1. The highest BCUT2D eigenvalue weighted by Gasteiger charge is 2.35. The Morgan fingerprint density at radius 2 is 2.00 bits per heavy atom. The van der Waals surface area contributed by atoms with Crippen LogP contribution < -0.4 is 22.1 Å². The Kier molecular flexibility index (Phi) is 8.70. The van der Waals surface area contributed by atoms with E-state index in [-0.39, 0.29) is 23.5 Å². The van der Waals surface area contributed by atoms with Gasteiger partial charge in [-0.05, 0) is 38.2 Å². The van der Waals surface area contributed by atoms with E-state index >= 15 is 0 Å². The van der Waals surface area contributed by atoms with E-state index in [2.05, 4.69) is 32.8 Å². The second-order valence-corrected chi connectivity index (χ2v) is 9.03. The van der Waals surface area contributed by atoms with Crippen LogP contribution >= 0.6 is 0 Å². The smallest absolute Gasteiger partial charge is 0.253 e. The fourth-order valence-corrected chi connectivity index (χ4v) is 4.44. The number of nitrogens with zero attached hydrogens (tertiary/aromatic N) is 2. The maximum Gasteiger partial charge on any atom is 0.253 e. The molecule has 34 heavy (non-hydrogen) atoms. The predicted octanol–water partition coefficient (Wildman–Crippen LogP) is 2.86. The molecule has 8 nitrogen and oxygen atoms in total. The highest BCUT2D eigenvalue weighted by atomic mass is 19.1. The quantitative estimate of drug-likeness (QED) is 0.205. The van der Waals surface area contributed by atoms with Crippen molar-refractivity contribution >= 4 is 23.4 Å². The molecule has 182 valence electrons. The number of hydrogen-bond acceptors (Lipinski definition) is 6. The molecule has 1 heterocycles. The Hall–Kier alpha value is -3.33. The Bertz CT molecular complexity index is 1010. The molecule has 7 N–H and O–H groups in total. The standard InChI is InChI=1S/C25H34FN7O/c1-17(27)14-25(10-7-19(8-11-25)31-15-18-5-3-2-4-6-18)32-16-21(24(29)34)23(28)33-20-9-12-30-22(26)13-20/h2-6,13,16,19,27,31-32H,7-12,14-15H2,1H3,(H2,28,33)(H2,29,34)/b21-16+,27-17?. The molecule has 3 rings (SSSR count). The Morgan fingerprint density at radius 3 is 2.62 bits per heavy atom. The highest BCUT2D eigenvalue weighted by molar-refractivity contribution is 6.19. The van der Waals surface area contributed by atoms with Crippen molar-refractivity contribution in [2.45, 2.75) is 63.6 Å². The molecule has 0 bridgehead atoms. The van der Waals surface area contributed by atoms with Gasteiger partial charge in [-0.3, -0.25) is 9.79 Å². The van der Waals surface area contributed by atoms with Gasteiger partial charge in [-0.25, -0.2) is 4.99 Å². The third kappa shape index (κ3) is 7.34. The van der Waals surface area contributed by atoms with Crippen LogP contribution in [-0.2, 0) is 11.3 Å². The molecule has 9 heteroatoms. The number of carbonyl (C=O) groups is 1. The second kappa shape index (κ2) is 11.7. The van der Waals surface area contributed by atoms with E-state index in [1.165, 1.54) is 17.8 Å². The largest absolute Gasteiger partial charge is 0.384 e. The van der Waals surface area contributed by atoms with E-state index in [0.29, 0.717) is 30.3 Å². The van der Waals surface area contributed by atoms with Crippen molar-refractivity contribution in [2.75, 3.05) is 6.54 Å². The van der Waals surface area contributed by atoms with Gasteiger partial charge in [-0.15, -0.1) is 0 Å². The van der Waals surface area contributed by atoms with Gasteiger partial charge in [0.25, 0.3) is 5.91 Å². The lowest BCUT2D eigenvalue weighted by molar-refractivity contribution is -0.114. The van der Waals surface area contributed by atoms with Gasteiger partial charge in [0, 0.05) is 61.2 Å². The van der Waals surface area contributed by atoms with Gasteiger partial charge >= 0.3 is 0 Å². The Labute approximate surface area is 200 Å². The molecule has 0 unspecified atom stereocenters. The van der Waals surface area contributed by atoms with Crippen LogP contribution in [0, 0.1) is 5.41 Å². The number of amides is 1. The lowest BCUT2D eigenvalue weighted by Crippen LogP contribution is -2.50. The fraction of sp³-hybridized carbons (Fsp3) is 0.440. The molecule has 1 fully saturated rings. The summed E-state index contributed by atoms with van der Waals surface area (Å²) in [6.45, 7) is 2.88. The molecule has 1 amide bonds. The Balaban J connectivity index is 1.68. The number of dihydropyridines is 1. The van der Waals surface area contributed by atoms with Crippen molar-refractivity contribution < 1.29 is 9.18 Å². The first-order valence-corrected chi connectivity index (χ1v) is 11.6. The zero-order chi connectivity index (χ0) is 24.6. The van der Waals surface area contributed by atoms with Crippen molar-refractivity contribution in [3.8, 4) is 0 Å². The minimum Gasteiger partial charge on any atom is -0.384 e. The van der Waals surface area contributed by atoms with Crippen LogP contribution in [0.15, 0.2) is 63.9 Å². The first kappa shape index (κ1) is 25.3. The molecule has 0 atom stereocenters. The normalized spacial score (nSPS) is 23.6. The molecule has 0 radical (unpaired) electrons. The SMILES string of the molecule is CC(=N)CC1(N/C=C(/C(N)=O)C(N)=NC2=CC(F)=NCC2)CCC(NCc2ccccc2)CC1. The van der Waals surface area contributed by atoms with Gasteiger partial charge in [0.15, 0.2) is 0 Å². The Morgan fingerprint density at radius 1 is 1.29 bits per heavy atom. The summed E-state index contributed by atoms with van der Waals surface area (Å²) in [5.74, 6) is -1.40. The van der Waals surface area contributed by atoms with Crippen LogP contribution in [0.4, 0.5) is 4.39 Å². The number of primary amides is 1. The summed E-state index contributed by atoms with van der Waals surface area (Å²) in [6, 6.07) is 10.7. The van der Waals surface area contributed by atoms with Crippen molar-refractivity contribution in [2.24, 2.45) is 21.5 Å². The maximum atomic E-state index is 13.4. The zero-order valence-electron chi connectivity index (χ0n) is 19.6.